The van der Waals surface area contributed by atoms with Crippen molar-refractivity contribution in [3.05, 3.63) is 52.8 Å². The maximum atomic E-state index is 15.0. The highest BCUT2D eigenvalue weighted by atomic mass is 32.1. The number of piperidine rings is 1. The number of hydrogen-bond acceptors (Lipinski definition) is 7. The summed E-state index contributed by atoms with van der Waals surface area (Å²) in [5, 5.41) is 14.2. The first-order valence-corrected chi connectivity index (χ1v) is 13.8. The highest BCUT2D eigenvalue weighted by molar-refractivity contribution is 7.15. The molecule has 0 unspecified atom stereocenters. The third-order valence-electron chi connectivity index (χ3n) is 6.49. The average molecular weight is 555 g/mol. The van der Waals surface area contributed by atoms with Crippen LogP contribution in [0.5, 0.6) is 0 Å². The van der Waals surface area contributed by atoms with Crippen LogP contribution in [0.1, 0.15) is 71.1 Å². The molecule has 1 fully saturated rings. The van der Waals surface area contributed by atoms with Crippen molar-refractivity contribution in [1.82, 2.24) is 29.7 Å². The van der Waals surface area contributed by atoms with E-state index >= 15 is 4.39 Å². The van der Waals surface area contributed by atoms with Gasteiger partial charge in [-0.15, -0.1) is 21.5 Å². The number of thiazole rings is 1. The van der Waals surface area contributed by atoms with Crippen molar-refractivity contribution >= 4 is 23.1 Å². The standard InChI is InChI=1S/C28H32F2N6O2S/c1-27(2,3)25-33-32-21-10-9-20(34-36(21)25)23-22(18-8-7-17(29)15-19(18)30)31-24(39-23)16-11-13-35(14-12-16)26(37)38-28(4,5)6/h7-10,15-16H,11-14H2,1-6H3. The molecule has 0 spiro atoms. The van der Waals surface area contributed by atoms with Crippen LogP contribution < -0.4 is 0 Å². The number of fused-ring (bicyclic) bond motifs is 1. The molecular weight excluding hydrogens is 522 g/mol. The molecular formula is C28H32F2N6O2S. The zero-order valence-electron chi connectivity index (χ0n) is 23.0. The molecule has 4 heterocycles. The molecule has 0 saturated carbocycles. The largest absolute Gasteiger partial charge is 0.444 e. The summed E-state index contributed by atoms with van der Waals surface area (Å²) in [6, 6.07) is 7.16. The van der Waals surface area contributed by atoms with E-state index in [-0.39, 0.29) is 23.0 Å². The molecule has 0 N–H and O–H groups in total. The van der Waals surface area contributed by atoms with E-state index in [0.29, 0.717) is 53.7 Å². The van der Waals surface area contributed by atoms with E-state index in [1.165, 1.54) is 23.5 Å². The summed E-state index contributed by atoms with van der Waals surface area (Å²) in [5.74, 6) is -0.559. The molecule has 1 amide bonds. The van der Waals surface area contributed by atoms with Crippen molar-refractivity contribution in [3.63, 3.8) is 0 Å². The van der Waals surface area contributed by atoms with E-state index in [1.807, 2.05) is 53.7 Å². The number of carbonyl (C=O) groups excluding carboxylic acids is 1. The van der Waals surface area contributed by atoms with Gasteiger partial charge in [0, 0.05) is 36.1 Å². The average Bonchev–Trinajstić information content (AvgIpc) is 3.47. The van der Waals surface area contributed by atoms with Crippen LogP contribution in [0.3, 0.4) is 0 Å². The van der Waals surface area contributed by atoms with E-state index in [1.54, 1.807) is 9.42 Å². The number of nitrogens with zero attached hydrogens (tertiary/aromatic N) is 6. The number of amides is 1. The Labute approximate surface area is 230 Å². The number of benzene rings is 1. The van der Waals surface area contributed by atoms with Gasteiger partial charge < -0.3 is 9.64 Å². The van der Waals surface area contributed by atoms with Crippen LogP contribution in [-0.2, 0) is 10.2 Å². The van der Waals surface area contributed by atoms with E-state index in [2.05, 4.69) is 10.2 Å². The highest BCUT2D eigenvalue weighted by Gasteiger charge is 2.31. The summed E-state index contributed by atoms with van der Waals surface area (Å²) in [7, 11) is 0. The molecule has 11 heteroatoms. The number of rotatable bonds is 3. The van der Waals surface area contributed by atoms with Gasteiger partial charge in [-0.25, -0.2) is 18.6 Å². The minimum Gasteiger partial charge on any atom is -0.444 e. The minimum atomic E-state index is -0.686. The molecule has 39 heavy (non-hydrogen) atoms. The van der Waals surface area contributed by atoms with Crippen LogP contribution in [0.2, 0.25) is 0 Å². The zero-order chi connectivity index (χ0) is 28.1. The number of carbonyl (C=O) groups is 1. The second-order valence-electron chi connectivity index (χ2n) is 11.9. The Bertz CT molecular complexity index is 1530. The van der Waals surface area contributed by atoms with E-state index in [4.69, 9.17) is 14.8 Å². The van der Waals surface area contributed by atoms with Crippen molar-refractivity contribution in [1.29, 1.82) is 0 Å². The third-order valence-corrected chi connectivity index (χ3v) is 7.73. The lowest BCUT2D eigenvalue weighted by Gasteiger charge is -2.32. The summed E-state index contributed by atoms with van der Waals surface area (Å²) in [6.45, 7) is 12.7. The Morgan fingerprint density at radius 1 is 1.03 bits per heavy atom. The van der Waals surface area contributed by atoms with Crippen molar-refractivity contribution in [3.8, 4) is 21.8 Å². The Morgan fingerprint density at radius 2 is 1.74 bits per heavy atom. The lowest BCUT2D eigenvalue weighted by molar-refractivity contribution is 0.0205. The van der Waals surface area contributed by atoms with Gasteiger partial charge in [0.15, 0.2) is 11.5 Å². The van der Waals surface area contributed by atoms with Crippen LogP contribution in [0, 0.1) is 11.6 Å². The number of halogens is 2. The van der Waals surface area contributed by atoms with E-state index in [0.717, 1.165) is 11.1 Å². The first-order chi connectivity index (χ1) is 18.3. The van der Waals surface area contributed by atoms with E-state index in [9.17, 15) is 9.18 Å². The Hall–Kier alpha value is -3.47. The number of hydrogen-bond donors (Lipinski definition) is 0. The maximum absolute atomic E-state index is 15.0. The van der Waals surface area contributed by atoms with Gasteiger partial charge in [-0.1, -0.05) is 20.8 Å². The zero-order valence-corrected chi connectivity index (χ0v) is 23.8. The molecule has 1 aliphatic rings. The van der Waals surface area contributed by atoms with Gasteiger partial charge >= 0.3 is 6.09 Å². The first kappa shape index (κ1) is 27.1. The minimum absolute atomic E-state index is 0.0773. The van der Waals surface area contributed by atoms with Gasteiger partial charge in [0.25, 0.3) is 0 Å². The molecule has 0 bridgehead atoms. The molecule has 1 aliphatic heterocycles. The van der Waals surface area contributed by atoms with Gasteiger partial charge in [-0.05, 0) is 57.9 Å². The quantitative estimate of drug-likeness (QED) is 0.284. The molecule has 0 aliphatic carbocycles. The maximum Gasteiger partial charge on any atom is 0.410 e. The van der Waals surface area contributed by atoms with Crippen molar-refractivity contribution in [2.45, 2.75) is 71.3 Å². The SMILES string of the molecule is CC(C)(C)OC(=O)N1CCC(c2nc(-c3ccc(F)cc3F)c(-c3ccc4nnc(C(C)(C)C)n4n3)s2)CC1. The fourth-order valence-corrected chi connectivity index (χ4v) is 5.78. The molecule has 1 aromatic carbocycles. The number of aromatic nitrogens is 5. The fraction of sp³-hybridized carbons (Fsp3) is 0.464. The Morgan fingerprint density at radius 3 is 2.38 bits per heavy atom. The van der Waals surface area contributed by atoms with Crippen LogP contribution >= 0.6 is 11.3 Å². The summed E-state index contributed by atoms with van der Waals surface area (Å²) < 4.78 is 36.0. The predicted molar refractivity (Wildman–Crippen MR) is 146 cm³/mol. The van der Waals surface area contributed by atoms with Crippen LogP contribution in [0.25, 0.3) is 27.5 Å². The first-order valence-electron chi connectivity index (χ1n) is 13.0. The highest BCUT2D eigenvalue weighted by Crippen LogP contribution is 2.42. The molecule has 4 aromatic rings. The Balaban J connectivity index is 1.52. The molecule has 3 aromatic heterocycles. The van der Waals surface area contributed by atoms with Crippen LogP contribution in [0.4, 0.5) is 13.6 Å². The summed E-state index contributed by atoms with van der Waals surface area (Å²) in [4.78, 5) is 19.8. The normalized spacial score (nSPS) is 15.2. The second-order valence-corrected chi connectivity index (χ2v) is 12.9. The molecule has 1 saturated heterocycles. The fourth-order valence-electron chi connectivity index (χ4n) is 4.56. The van der Waals surface area contributed by atoms with Gasteiger partial charge in [-0.2, -0.15) is 9.61 Å². The third kappa shape index (κ3) is 5.63. The summed E-state index contributed by atoms with van der Waals surface area (Å²) in [5.41, 5.74) is 0.982. The molecule has 8 nitrogen and oxygen atoms in total. The van der Waals surface area contributed by atoms with E-state index < -0.39 is 17.2 Å². The Kier molecular flexibility index (Phi) is 6.90. The molecule has 5 rings (SSSR count). The molecule has 0 atom stereocenters. The summed E-state index contributed by atoms with van der Waals surface area (Å²) >= 11 is 1.45. The van der Waals surface area contributed by atoms with Crippen molar-refractivity contribution < 1.29 is 18.3 Å². The summed E-state index contributed by atoms with van der Waals surface area (Å²) in [6.07, 6.45) is 1.07. The molecule has 206 valence electrons. The molecule has 0 radical (unpaired) electrons. The topological polar surface area (TPSA) is 85.5 Å². The van der Waals surface area contributed by atoms with Gasteiger partial charge in [0.1, 0.15) is 22.9 Å². The number of ether oxygens (including phenoxy) is 1. The lowest BCUT2D eigenvalue weighted by atomic mass is 9.96. The van der Waals surface area contributed by atoms with Gasteiger partial charge in [0.05, 0.1) is 15.6 Å². The second kappa shape index (κ2) is 9.93. The van der Waals surface area contributed by atoms with Crippen LogP contribution in [0.15, 0.2) is 30.3 Å². The van der Waals surface area contributed by atoms with Crippen molar-refractivity contribution in [2.75, 3.05) is 13.1 Å². The van der Waals surface area contributed by atoms with Gasteiger partial charge in [0.2, 0.25) is 0 Å². The predicted octanol–water partition coefficient (Wildman–Crippen LogP) is 6.61. The van der Waals surface area contributed by atoms with Crippen molar-refractivity contribution in [2.24, 2.45) is 0 Å². The van der Waals surface area contributed by atoms with Crippen LogP contribution in [-0.4, -0.2) is 54.5 Å². The monoisotopic (exact) mass is 554 g/mol. The lowest BCUT2D eigenvalue weighted by Crippen LogP contribution is -2.41. The van der Waals surface area contributed by atoms with Gasteiger partial charge in [-0.3, -0.25) is 0 Å². The number of likely N-dealkylation sites (tertiary alicyclic amines) is 1. The smallest absolute Gasteiger partial charge is 0.410 e.